The quantitative estimate of drug-likeness (QED) is 0.418. The first-order valence-corrected chi connectivity index (χ1v) is 8.28. The summed E-state index contributed by atoms with van der Waals surface area (Å²) in [7, 11) is 2.08. The van der Waals surface area contributed by atoms with E-state index in [9.17, 15) is 10.2 Å². The van der Waals surface area contributed by atoms with E-state index < -0.39 is 27.5 Å². The van der Waals surface area contributed by atoms with E-state index in [1.807, 2.05) is 0 Å². The molecule has 0 radical (unpaired) electrons. The fourth-order valence-corrected chi connectivity index (χ4v) is 8.38. The second kappa shape index (κ2) is 3.13. The number of rotatable bonds is 1. The Balaban J connectivity index is 2.05. The first-order chi connectivity index (χ1) is 9.53. The van der Waals surface area contributed by atoms with Crippen LogP contribution in [-0.2, 0) is 0 Å². The van der Waals surface area contributed by atoms with Crippen molar-refractivity contribution >= 4 is 14.1 Å². The van der Waals surface area contributed by atoms with E-state index in [1.54, 1.807) is 13.8 Å². The molecule has 4 nitrogen and oxygen atoms in total. The summed E-state index contributed by atoms with van der Waals surface area (Å²) in [6, 6.07) is 0. The second-order valence-corrected chi connectivity index (χ2v) is 8.90. The lowest BCUT2D eigenvalue weighted by Gasteiger charge is -2.99. The summed E-state index contributed by atoms with van der Waals surface area (Å²) in [5.41, 5.74) is 3.13. The molecule has 0 spiro atoms. The van der Waals surface area contributed by atoms with Crippen LogP contribution in [0.1, 0.15) is 46.5 Å². The zero-order chi connectivity index (χ0) is 15.7. The molecule has 0 aromatic carbocycles. The lowest BCUT2D eigenvalue weighted by Crippen LogP contribution is -3.08. The average Bonchev–Trinajstić information content (AvgIpc) is 2.40. The van der Waals surface area contributed by atoms with Crippen molar-refractivity contribution in [3.63, 3.8) is 0 Å². The van der Waals surface area contributed by atoms with Crippen LogP contribution in [0.25, 0.3) is 0 Å². The van der Waals surface area contributed by atoms with Crippen LogP contribution in [0.2, 0.25) is 5.31 Å². The lowest BCUT2D eigenvalue weighted by atomic mass is 9.04. The van der Waals surface area contributed by atoms with Crippen LogP contribution in [0.15, 0.2) is 0 Å². The summed E-state index contributed by atoms with van der Waals surface area (Å²) in [5, 5.41) is 30.2. The SMILES string of the molecule is BC1(C=N)CCC(C)C23C4CCC4(N)C12C(C)(O)C3(C)O. The van der Waals surface area contributed by atoms with Crippen molar-refractivity contribution < 1.29 is 10.2 Å². The molecule has 4 aliphatic carbocycles. The lowest BCUT2D eigenvalue weighted by molar-refractivity contribution is -0.532. The van der Waals surface area contributed by atoms with Gasteiger partial charge in [0.1, 0.15) is 7.85 Å². The topological polar surface area (TPSA) is 90.3 Å². The Morgan fingerprint density at radius 1 is 1.19 bits per heavy atom. The Bertz CT molecular complexity index is 564. The smallest absolute Gasteiger partial charge is 0.117 e. The van der Waals surface area contributed by atoms with Crippen LogP contribution in [0, 0.1) is 28.1 Å². The largest absolute Gasteiger partial charge is 0.387 e. The van der Waals surface area contributed by atoms with Gasteiger partial charge >= 0.3 is 0 Å². The Kier molecular flexibility index (Phi) is 2.12. The molecule has 0 heterocycles. The summed E-state index contributed by atoms with van der Waals surface area (Å²) >= 11 is 0. The highest BCUT2D eigenvalue weighted by atomic mass is 16.4. The Morgan fingerprint density at radius 2 is 1.81 bits per heavy atom. The maximum Gasteiger partial charge on any atom is 0.117 e. The van der Waals surface area contributed by atoms with Crippen LogP contribution in [0.3, 0.4) is 0 Å². The van der Waals surface area contributed by atoms with Gasteiger partial charge in [0.15, 0.2) is 0 Å². The zero-order valence-electron chi connectivity index (χ0n) is 13.5. The Labute approximate surface area is 127 Å². The third kappa shape index (κ3) is 0.811. The van der Waals surface area contributed by atoms with Gasteiger partial charge in [-0.1, -0.05) is 6.92 Å². The number of hydrogen-bond donors (Lipinski definition) is 4. The predicted molar refractivity (Wildman–Crippen MR) is 84.2 cm³/mol. The molecule has 0 saturated heterocycles. The molecule has 5 N–H and O–H groups in total. The van der Waals surface area contributed by atoms with Crippen molar-refractivity contribution in [1.29, 1.82) is 5.41 Å². The molecule has 116 valence electrons. The fourth-order valence-electron chi connectivity index (χ4n) is 8.38. The minimum atomic E-state index is -1.24. The highest BCUT2D eigenvalue weighted by molar-refractivity contribution is 6.26. The van der Waals surface area contributed by atoms with Gasteiger partial charge in [-0.05, 0) is 62.9 Å². The van der Waals surface area contributed by atoms with Crippen molar-refractivity contribution in [2.45, 2.75) is 68.5 Å². The Morgan fingerprint density at radius 3 is 2.29 bits per heavy atom. The number of fused-ring (bicyclic) bond motifs is 1. The molecule has 21 heavy (non-hydrogen) atoms. The maximum absolute atomic E-state index is 11.4. The van der Waals surface area contributed by atoms with Crippen LogP contribution < -0.4 is 5.73 Å². The monoisotopic (exact) mass is 290 g/mol. The summed E-state index contributed by atoms with van der Waals surface area (Å²) in [5.74, 6) is 0.623. The van der Waals surface area contributed by atoms with Crippen molar-refractivity contribution in [1.82, 2.24) is 0 Å². The molecule has 8 atom stereocenters. The average molecular weight is 290 g/mol. The minimum Gasteiger partial charge on any atom is -0.387 e. The van der Waals surface area contributed by atoms with Gasteiger partial charge in [-0.3, -0.25) is 0 Å². The molecular weight excluding hydrogens is 263 g/mol. The van der Waals surface area contributed by atoms with Gasteiger partial charge in [-0.15, -0.1) is 0 Å². The number of nitrogens with one attached hydrogen (secondary N) is 1. The van der Waals surface area contributed by atoms with Gasteiger partial charge in [-0.2, -0.15) is 0 Å². The molecule has 5 heteroatoms. The van der Waals surface area contributed by atoms with E-state index in [2.05, 4.69) is 14.8 Å². The molecule has 4 rings (SSSR count). The zero-order valence-corrected chi connectivity index (χ0v) is 13.5. The highest BCUT2D eigenvalue weighted by Gasteiger charge is 3.03. The summed E-state index contributed by atoms with van der Waals surface area (Å²) in [6.07, 6.45) is 5.33. The highest BCUT2D eigenvalue weighted by Crippen LogP contribution is 2.97. The fraction of sp³-hybridized carbons (Fsp3) is 0.938. The molecule has 0 aromatic rings. The van der Waals surface area contributed by atoms with Gasteiger partial charge in [-0.25, -0.2) is 0 Å². The summed E-state index contributed by atoms with van der Waals surface area (Å²) in [4.78, 5) is 0. The molecular formula is C16H27BN2O2. The van der Waals surface area contributed by atoms with Crippen molar-refractivity contribution in [3.05, 3.63) is 0 Å². The minimum absolute atomic E-state index is 0.287. The van der Waals surface area contributed by atoms with E-state index in [-0.39, 0.29) is 11.3 Å². The molecule has 4 aliphatic rings. The van der Waals surface area contributed by atoms with Crippen LogP contribution >= 0.6 is 0 Å². The number of aliphatic hydroxyl groups is 2. The van der Waals surface area contributed by atoms with Crippen molar-refractivity contribution in [2.24, 2.45) is 28.4 Å². The van der Waals surface area contributed by atoms with Crippen molar-refractivity contribution in [2.75, 3.05) is 0 Å². The van der Waals surface area contributed by atoms with Crippen LogP contribution in [0.4, 0.5) is 0 Å². The number of hydrogen-bond acceptors (Lipinski definition) is 4. The molecule has 8 unspecified atom stereocenters. The third-order valence-corrected chi connectivity index (χ3v) is 8.87. The molecule has 0 bridgehead atoms. The summed E-state index contributed by atoms with van der Waals surface area (Å²) < 4.78 is 0. The Hall–Kier alpha value is -0.385. The normalized spacial score (nSPS) is 71.1. The first-order valence-electron chi connectivity index (χ1n) is 8.28. The van der Waals surface area contributed by atoms with Crippen LogP contribution in [0.5, 0.6) is 0 Å². The van der Waals surface area contributed by atoms with Crippen LogP contribution in [-0.4, -0.2) is 41.0 Å². The van der Waals surface area contributed by atoms with Gasteiger partial charge in [0.05, 0.1) is 11.2 Å². The van der Waals surface area contributed by atoms with Crippen molar-refractivity contribution in [3.8, 4) is 0 Å². The molecule has 4 saturated carbocycles. The van der Waals surface area contributed by atoms with E-state index in [0.29, 0.717) is 5.92 Å². The van der Waals surface area contributed by atoms with Gasteiger partial charge in [0.2, 0.25) is 0 Å². The second-order valence-electron chi connectivity index (χ2n) is 8.90. The third-order valence-electron chi connectivity index (χ3n) is 8.87. The maximum atomic E-state index is 11.4. The number of nitrogens with two attached hydrogens (primary N) is 1. The molecule has 0 amide bonds. The molecule has 0 aliphatic heterocycles. The van der Waals surface area contributed by atoms with Gasteiger partial charge in [0, 0.05) is 16.4 Å². The molecule has 0 aromatic heterocycles. The first kappa shape index (κ1) is 14.2. The standard InChI is InChI=1S/C16H27BN2O2/c1-9-4-6-13(17,8-18)16-12(3,21)11(2,20)15(9,16)10-5-7-14(10,16)19/h8-10,18,20-21H,4-7,17,19H2,1-3H3. The van der Waals surface area contributed by atoms with Gasteiger partial charge in [0.25, 0.3) is 0 Å². The van der Waals surface area contributed by atoms with E-state index in [0.717, 1.165) is 25.7 Å². The van der Waals surface area contributed by atoms with E-state index in [4.69, 9.17) is 11.1 Å². The predicted octanol–water partition coefficient (Wildman–Crippen LogP) is 0.467. The summed E-state index contributed by atoms with van der Waals surface area (Å²) in [6.45, 7) is 5.77. The molecule has 4 fully saturated rings. The van der Waals surface area contributed by atoms with E-state index >= 15 is 0 Å². The van der Waals surface area contributed by atoms with Gasteiger partial charge < -0.3 is 21.4 Å². The van der Waals surface area contributed by atoms with E-state index in [1.165, 1.54) is 6.21 Å².